The Bertz CT molecular complexity index is 514. The van der Waals surface area contributed by atoms with Crippen molar-refractivity contribution in [1.82, 2.24) is 14.7 Å². The highest BCUT2D eigenvalue weighted by Gasteiger charge is 2.41. The van der Waals surface area contributed by atoms with Crippen LogP contribution in [0, 0.1) is 11.8 Å². The summed E-state index contributed by atoms with van der Waals surface area (Å²) in [6.07, 6.45) is 2.03. The van der Waals surface area contributed by atoms with E-state index >= 15 is 0 Å². The van der Waals surface area contributed by atoms with E-state index < -0.39 is 0 Å². The zero-order valence-corrected chi connectivity index (χ0v) is 16.4. The molecular formula is C19H33N3O3. The summed E-state index contributed by atoms with van der Waals surface area (Å²) in [5, 5.41) is 0. The van der Waals surface area contributed by atoms with Crippen LogP contribution in [0.15, 0.2) is 0 Å². The van der Waals surface area contributed by atoms with Gasteiger partial charge < -0.3 is 14.7 Å². The van der Waals surface area contributed by atoms with Gasteiger partial charge in [-0.15, -0.1) is 0 Å². The molecule has 0 N–H and O–H groups in total. The first-order chi connectivity index (χ1) is 11.7. The summed E-state index contributed by atoms with van der Waals surface area (Å²) < 4.78 is 0. The number of rotatable bonds is 4. The van der Waals surface area contributed by atoms with Crippen molar-refractivity contribution < 1.29 is 14.4 Å². The van der Waals surface area contributed by atoms with Crippen molar-refractivity contribution in [2.75, 3.05) is 32.7 Å². The average molecular weight is 351 g/mol. The predicted molar refractivity (Wildman–Crippen MR) is 96.8 cm³/mol. The fourth-order valence-corrected chi connectivity index (χ4v) is 3.82. The summed E-state index contributed by atoms with van der Waals surface area (Å²) in [5.41, 5.74) is -0.244. The second-order valence-corrected chi connectivity index (χ2v) is 8.24. The molecule has 2 fully saturated rings. The highest BCUT2D eigenvalue weighted by molar-refractivity contribution is 5.90. The molecule has 6 nitrogen and oxygen atoms in total. The zero-order valence-electron chi connectivity index (χ0n) is 16.4. The largest absolute Gasteiger partial charge is 0.339 e. The van der Waals surface area contributed by atoms with Crippen molar-refractivity contribution in [1.29, 1.82) is 0 Å². The molecule has 2 aliphatic rings. The van der Waals surface area contributed by atoms with Crippen LogP contribution in [-0.4, -0.2) is 70.7 Å². The monoisotopic (exact) mass is 351 g/mol. The lowest BCUT2D eigenvalue weighted by Gasteiger charge is -2.37. The summed E-state index contributed by atoms with van der Waals surface area (Å²) in [4.78, 5) is 43.0. The molecule has 142 valence electrons. The van der Waals surface area contributed by atoms with Gasteiger partial charge in [-0.05, 0) is 33.6 Å². The van der Waals surface area contributed by atoms with Crippen LogP contribution >= 0.6 is 0 Å². The van der Waals surface area contributed by atoms with E-state index in [1.807, 2.05) is 49.3 Å². The zero-order chi connectivity index (χ0) is 18.8. The molecule has 0 radical (unpaired) electrons. The number of amides is 3. The van der Waals surface area contributed by atoms with E-state index in [-0.39, 0.29) is 35.1 Å². The van der Waals surface area contributed by atoms with Gasteiger partial charge in [0.2, 0.25) is 17.7 Å². The summed E-state index contributed by atoms with van der Waals surface area (Å²) in [5.74, 6) is 0.193. The predicted octanol–water partition coefficient (Wildman–Crippen LogP) is 1.74. The van der Waals surface area contributed by atoms with Gasteiger partial charge in [0, 0.05) is 50.6 Å². The SMILES string of the molecule is CCC(CC)C(=O)N1CCN(C(=O)C2CC(=O)N(C(C)(C)C)C2)CC1. The second-order valence-electron chi connectivity index (χ2n) is 8.24. The van der Waals surface area contributed by atoms with E-state index in [1.54, 1.807) is 0 Å². The topological polar surface area (TPSA) is 60.9 Å². The molecule has 0 aromatic heterocycles. The normalized spacial score (nSPS) is 22.1. The first kappa shape index (κ1) is 19.7. The highest BCUT2D eigenvalue weighted by Crippen LogP contribution is 2.27. The van der Waals surface area contributed by atoms with E-state index in [4.69, 9.17) is 0 Å². The molecule has 0 saturated carbocycles. The molecule has 6 heteroatoms. The number of piperazine rings is 1. The molecule has 0 spiro atoms. The van der Waals surface area contributed by atoms with Crippen LogP contribution in [0.1, 0.15) is 53.9 Å². The first-order valence-corrected chi connectivity index (χ1v) is 9.57. The minimum atomic E-state index is -0.244. The van der Waals surface area contributed by atoms with Gasteiger partial charge in [-0.3, -0.25) is 14.4 Å². The Hall–Kier alpha value is -1.59. The fourth-order valence-electron chi connectivity index (χ4n) is 3.82. The van der Waals surface area contributed by atoms with Crippen LogP contribution in [0.3, 0.4) is 0 Å². The molecule has 2 rings (SSSR count). The van der Waals surface area contributed by atoms with E-state index in [0.29, 0.717) is 39.1 Å². The smallest absolute Gasteiger partial charge is 0.228 e. The Morgan fingerprint density at radius 2 is 1.56 bits per heavy atom. The second kappa shape index (κ2) is 7.75. The van der Waals surface area contributed by atoms with Gasteiger partial charge >= 0.3 is 0 Å². The molecule has 0 aliphatic carbocycles. The third-order valence-corrected chi connectivity index (χ3v) is 5.52. The molecule has 25 heavy (non-hydrogen) atoms. The Balaban J connectivity index is 1.90. The maximum Gasteiger partial charge on any atom is 0.228 e. The van der Waals surface area contributed by atoms with Gasteiger partial charge in [0.1, 0.15) is 0 Å². The molecule has 3 amide bonds. The summed E-state index contributed by atoms with van der Waals surface area (Å²) >= 11 is 0. The molecular weight excluding hydrogens is 318 g/mol. The molecule has 0 aromatic carbocycles. The van der Waals surface area contributed by atoms with Crippen molar-refractivity contribution in [2.24, 2.45) is 11.8 Å². The van der Waals surface area contributed by atoms with Crippen LogP contribution < -0.4 is 0 Å². The van der Waals surface area contributed by atoms with Gasteiger partial charge in [0.05, 0.1) is 5.92 Å². The van der Waals surface area contributed by atoms with E-state index in [2.05, 4.69) is 0 Å². The lowest BCUT2D eigenvalue weighted by atomic mass is 10.0. The van der Waals surface area contributed by atoms with Gasteiger partial charge in [0.25, 0.3) is 0 Å². The van der Waals surface area contributed by atoms with Crippen LogP contribution in [0.25, 0.3) is 0 Å². The van der Waals surface area contributed by atoms with Crippen molar-refractivity contribution in [3.63, 3.8) is 0 Å². The van der Waals surface area contributed by atoms with Crippen LogP contribution in [0.5, 0.6) is 0 Å². The third-order valence-electron chi connectivity index (χ3n) is 5.52. The summed E-state index contributed by atoms with van der Waals surface area (Å²) in [6, 6.07) is 0. The van der Waals surface area contributed by atoms with Crippen LogP contribution in [-0.2, 0) is 14.4 Å². The molecule has 1 unspecified atom stereocenters. The number of hydrogen-bond donors (Lipinski definition) is 0. The Labute approximate surface area is 151 Å². The van der Waals surface area contributed by atoms with Gasteiger partial charge in [-0.25, -0.2) is 0 Å². The first-order valence-electron chi connectivity index (χ1n) is 9.57. The maximum atomic E-state index is 12.8. The van der Waals surface area contributed by atoms with Gasteiger partial charge in [-0.2, -0.15) is 0 Å². The van der Waals surface area contributed by atoms with Gasteiger partial charge in [-0.1, -0.05) is 13.8 Å². The van der Waals surface area contributed by atoms with Crippen LogP contribution in [0.4, 0.5) is 0 Å². The van der Waals surface area contributed by atoms with E-state index in [1.165, 1.54) is 0 Å². The fraction of sp³-hybridized carbons (Fsp3) is 0.842. The van der Waals surface area contributed by atoms with E-state index in [0.717, 1.165) is 12.8 Å². The number of carbonyl (C=O) groups is 3. The van der Waals surface area contributed by atoms with Crippen LogP contribution in [0.2, 0.25) is 0 Å². The van der Waals surface area contributed by atoms with Crippen molar-refractivity contribution in [2.45, 2.75) is 59.4 Å². The highest BCUT2D eigenvalue weighted by atomic mass is 16.2. The molecule has 0 aromatic rings. The summed E-state index contributed by atoms with van der Waals surface area (Å²) in [6.45, 7) is 13.0. The quantitative estimate of drug-likeness (QED) is 0.775. The minimum Gasteiger partial charge on any atom is -0.339 e. The van der Waals surface area contributed by atoms with Gasteiger partial charge in [0.15, 0.2) is 0 Å². The average Bonchev–Trinajstić information content (AvgIpc) is 2.97. The Kier molecular flexibility index (Phi) is 6.12. The number of likely N-dealkylation sites (tertiary alicyclic amines) is 1. The van der Waals surface area contributed by atoms with E-state index in [9.17, 15) is 14.4 Å². The Morgan fingerprint density at radius 3 is 2.00 bits per heavy atom. The number of nitrogens with zero attached hydrogens (tertiary/aromatic N) is 3. The molecule has 0 bridgehead atoms. The molecule has 2 heterocycles. The maximum absolute atomic E-state index is 12.8. The van der Waals surface area contributed by atoms with Crippen molar-refractivity contribution in [3.8, 4) is 0 Å². The lowest BCUT2D eigenvalue weighted by molar-refractivity contribution is -0.144. The molecule has 2 saturated heterocycles. The third kappa shape index (κ3) is 4.33. The number of hydrogen-bond acceptors (Lipinski definition) is 3. The standard InChI is InChI=1S/C19H33N3O3/c1-6-14(7-2)17(24)20-8-10-21(11-9-20)18(25)15-12-16(23)22(13-15)19(3,4)5/h14-15H,6-13H2,1-5H3. The van der Waals surface area contributed by atoms with Crippen molar-refractivity contribution >= 4 is 17.7 Å². The molecule has 1 atom stereocenters. The summed E-state index contributed by atoms with van der Waals surface area (Å²) in [7, 11) is 0. The Morgan fingerprint density at radius 1 is 1.04 bits per heavy atom. The number of carbonyl (C=O) groups excluding carboxylic acids is 3. The molecule has 2 aliphatic heterocycles. The van der Waals surface area contributed by atoms with Crippen molar-refractivity contribution in [3.05, 3.63) is 0 Å². The lowest BCUT2D eigenvalue weighted by Crippen LogP contribution is -2.53. The minimum absolute atomic E-state index is 0.0633.